The van der Waals surface area contributed by atoms with Crippen LogP contribution in [0.1, 0.15) is 37.7 Å². The van der Waals surface area contributed by atoms with E-state index in [-0.39, 0.29) is 0 Å². The second kappa shape index (κ2) is 7.23. The molecule has 0 unspecified atom stereocenters. The Labute approximate surface area is 128 Å². The Balaban J connectivity index is 1.43. The van der Waals surface area contributed by atoms with E-state index in [4.69, 9.17) is 5.73 Å². The highest BCUT2D eigenvalue weighted by Crippen LogP contribution is 2.22. The van der Waals surface area contributed by atoms with Gasteiger partial charge in [-0.3, -0.25) is 4.90 Å². The molecule has 0 aliphatic carbocycles. The number of pyridine rings is 1. The molecule has 2 saturated heterocycles. The second-order valence-electron chi connectivity index (χ2n) is 6.63. The van der Waals surface area contributed by atoms with Gasteiger partial charge in [0.15, 0.2) is 0 Å². The molecular weight excluding hydrogens is 260 g/mol. The van der Waals surface area contributed by atoms with E-state index >= 15 is 0 Å². The van der Waals surface area contributed by atoms with Crippen molar-refractivity contribution in [1.29, 1.82) is 0 Å². The van der Waals surface area contributed by atoms with Crippen LogP contribution in [0.4, 0.5) is 5.82 Å². The molecule has 116 valence electrons. The molecule has 4 heteroatoms. The summed E-state index contributed by atoms with van der Waals surface area (Å²) in [4.78, 5) is 9.39. The third-order valence-electron chi connectivity index (χ3n) is 4.99. The molecule has 4 nitrogen and oxygen atoms in total. The number of nitrogens with zero attached hydrogens (tertiary/aromatic N) is 3. The number of anilines is 1. The van der Waals surface area contributed by atoms with Crippen molar-refractivity contribution in [1.82, 2.24) is 14.8 Å². The molecular formula is C17H28N4. The van der Waals surface area contributed by atoms with Crippen LogP contribution in [-0.4, -0.2) is 47.5 Å². The van der Waals surface area contributed by atoms with Crippen molar-refractivity contribution in [2.45, 2.75) is 38.6 Å². The summed E-state index contributed by atoms with van der Waals surface area (Å²) in [6.45, 7) is 7.33. The smallest absolute Gasteiger partial charge is 0.127 e. The molecule has 1 aromatic rings. The highest BCUT2D eigenvalue weighted by Gasteiger charge is 2.22. The number of hydrogen-bond donors (Lipinski definition) is 1. The molecule has 2 aliphatic heterocycles. The topological polar surface area (TPSA) is 45.4 Å². The zero-order chi connectivity index (χ0) is 14.5. The first kappa shape index (κ1) is 14.8. The summed E-state index contributed by atoms with van der Waals surface area (Å²) in [5.41, 5.74) is 7.12. The predicted molar refractivity (Wildman–Crippen MR) is 86.9 cm³/mol. The van der Waals surface area contributed by atoms with Crippen LogP contribution in [0.2, 0.25) is 0 Å². The quantitative estimate of drug-likeness (QED) is 0.924. The molecule has 21 heavy (non-hydrogen) atoms. The average Bonchev–Trinajstić information content (AvgIpc) is 2.52. The van der Waals surface area contributed by atoms with Gasteiger partial charge in [0.05, 0.1) is 0 Å². The number of hydrogen-bond acceptors (Lipinski definition) is 4. The van der Waals surface area contributed by atoms with E-state index in [2.05, 4.69) is 20.9 Å². The van der Waals surface area contributed by atoms with Gasteiger partial charge in [0, 0.05) is 24.8 Å². The van der Waals surface area contributed by atoms with E-state index in [1.807, 2.05) is 6.07 Å². The van der Waals surface area contributed by atoms with Crippen LogP contribution >= 0.6 is 0 Å². The van der Waals surface area contributed by atoms with Crippen LogP contribution in [0.5, 0.6) is 0 Å². The summed E-state index contributed by atoms with van der Waals surface area (Å²) >= 11 is 0. The monoisotopic (exact) mass is 288 g/mol. The van der Waals surface area contributed by atoms with E-state index in [9.17, 15) is 0 Å². The fourth-order valence-electron chi connectivity index (χ4n) is 3.66. The molecule has 1 aromatic heterocycles. The van der Waals surface area contributed by atoms with E-state index in [1.54, 1.807) is 6.20 Å². The van der Waals surface area contributed by atoms with E-state index in [1.165, 1.54) is 70.4 Å². The lowest BCUT2D eigenvalue weighted by atomic mass is 9.95. The zero-order valence-electron chi connectivity index (χ0n) is 13.0. The third-order valence-corrected chi connectivity index (χ3v) is 4.99. The van der Waals surface area contributed by atoms with Crippen LogP contribution in [-0.2, 0) is 6.54 Å². The van der Waals surface area contributed by atoms with E-state index in [0.29, 0.717) is 5.82 Å². The molecule has 0 radical (unpaired) electrons. The van der Waals surface area contributed by atoms with Gasteiger partial charge in [0.1, 0.15) is 5.82 Å². The van der Waals surface area contributed by atoms with Gasteiger partial charge in [-0.1, -0.05) is 12.5 Å². The summed E-state index contributed by atoms with van der Waals surface area (Å²) in [7, 11) is 0. The van der Waals surface area contributed by atoms with Gasteiger partial charge in [0.25, 0.3) is 0 Å². The number of rotatable bonds is 4. The van der Waals surface area contributed by atoms with Crippen molar-refractivity contribution in [3.8, 4) is 0 Å². The SMILES string of the molecule is Nc1ncccc1CN1CCC(CN2CCCCC2)CC1. The van der Waals surface area contributed by atoms with Crippen molar-refractivity contribution in [3.05, 3.63) is 23.9 Å². The van der Waals surface area contributed by atoms with Gasteiger partial charge >= 0.3 is 0 Å². The van der Waals surface area contributed by atoms with Gasteiger partial charge in [-0.05, 0) is 63.8 Å². The van der Waals surface area contributed by atoms with Gasteiger partial charge in [-0.2, -0.15) is 0 Å². The maximum absolute atomic E-state index is 5.94. The first-order valence-corrected chi connectivity index (χ1v) is 8.45. The average molecular weight is 288 g/mol. The molecule has 2 aliphatic rings. The van der Waals surface area contributed by atoms with E-state index < -0.39 is 0 Å². The van der Waals surface area contributed by atoms with Crippen molar-refractivity contribution in [2.75, 3.05) is 38.5 Å². The first-order valence-electron chi connectivity index (χ1n) is 8.45. The third kappa shape index (κ3) is 4.17. The maximum atomic E-state index is 5.94. The number of nitrogen functional groups attached to an aromatic ring is 1. The van der Waals surface area contributed by atoms with Crippen LogP contribution < -0.4 is 5.73 Å². The Kier molecular flexibility index (Phi) is 5.09. The largest absolute Gasteiger partial charge is 0.383 e. The minimum atomic E-state index is 0.688. The molecule has 0 bridgehead atoms. The Morgan fingerprint density at radius 1 is 1.05 bits per heavy atom. The Morgan fingerprint density at radius 2 is 1.81 bits per heavy atom. The lowest BCUT2D eigenvalue weighted by Gasteiger charge is -2.36. The maximum Gasteiger partial charge on any atom is 0.127 e. The van der Waals surface area contributed by atoms with E-state index in [0.717, 1.165) is 12.5 Å². The Hall–Kier alpha value is -1.13. The number of aromatic nitrogens is 1. The minimum Gasteiger partial charge on any atom is -0.383 e. The molecule has 0 spiro atoms. The van der Waals surface area contributed by atoms with Crippen LogP contribution in [0.25, 0.3) is 0 Å². The zero-order valence-corrected chi connectivity index (χ0v) is 13.0. The second-order valence-corrected chi connectivity index (χ2v) is 6.63. The Morgan fingerprint density at radius 3 is 2.52 bits per heavy atom. The molecule has 0 amide bonds. The fraction of sp³-hybridized carbons (Fsp3) is 0.706. The number of nitrogens with two attached hydrogens (primary N) is 1. The number of likely N-dealkylation sites (tertiary alicyclic amines) is 2. The highest BCUT2D eigenvalue weighted by molar-refractivity contribution is 5.38. The van der Waals surface area contributed by atoms with Crippen LogP contribution in [0.15, 0.2) is 18.3 Å². The predicted octanol–water partition coefficient (Wildman–Crippen LogP) is 2.36. The number of piperidine rings is 2. The van der Waals surface area contributed by atoms with Crippen molar-refractivity contribution < 1.29 is 0 Å². The molecule has 3 rings (SSSR count). The van der Waals surface area contributed by atoms with Crippen molar-refractivity contribution in [2.24, 2.45) is 5.92 Å². The summed E-state index contributed by atoms with van der Waals surface area (Å²) in [5.74, 6) is 1.58. The summed E-state index contributed by atoms with van der Waals surface area (Å²) in [5, 5.41) is 0. The molecule has 0 atom stereocenters. The first-order chi connectivity index (χ1) is 10.3. The lowest BCUT2D eigenvalue weighted by Crippen LogP contribution is -2.40. The van der Waals surface area contributed by atoms with Gasteiger partial charge in [0.2, 0.25) is 0 Å². The Bertz CT molecular complexity index is 434. The lowest BCUT2D eigenvalue weighted by molar-refractivity contribution is 0.128. The van der Waals surface area contributed by atoms with Gasteiger partial charge in [-0.25, -0.2) is 4.98 Å². The minimum absolute atomic E-state index is 0.688. The summed E-state index contributed by atoms with van der Waals surface area (Å²) in [6.07, 6.45) is 8.66. The molecule has 2 fully saturated rings. The van der Waals surface area contributed by atoms with Gasteiger partial charge < -0.3 is 10.6 Å². The van der Waals surface area contributed by atoms with Crippen LogP contribution in [0, 0.1) is 5.92 Å². The van der Waals surface area contributed by atoms with Crippen molar-refractivity contribution in [3.63, 3.8) is 0 Å². The molecule has 3 heterocycles. The van der Waals surface area contributed by atoms with Gasteiger partial charge in [-0.15, -0.1) is 0 Å². The summed E-state index contributed by atoms with van der Waals surface area (Å²) < 4.78 is 0. The molecule has 2 N–H and O–H groups in total. The fourth-order valence-corrected chi connectivity index (χ4v) is 3.66. The molecule has 0 saturated carbocycles. The standard InChI is InChI=1S/C17H28N4/c18-17-16(5-4-8-19-17)14-21-11-6-15(7-12-21)13-20-9-2-1-3-10-20/h4-5,8,15H,1-3,6-7,9-14H2,(H2,18,19). The van der Waals surface area contributed by atoms with Crippen molar-refractivity contribution >= 4 is 5.82 Å². The van der Waals surface area contributed by atoms with Crippen LogP contribution in [0.3, 0.4) is 0 Å². The normalized spacial score (nSPS) is 22.5. The summed E-state index contributed by atoms with van der Waals surface area (Å²) in [6, 6.07) is 4.08. The highest BCUT2D eigenvalue weighted by atomic mass is 15.2. The molecule has 0 aromatic carbocycles.